The maximum absolute atomic E-state index is 12.8. The molecule has 0 aliphatic carbocycles. The first-order valence-corrected chi connectivity index (χ1v) is 5.67. The van der Waals surface area contributed by atoms with E-state index in [1.54, 1.807) is 20.8 Å². The SMILES string of the molecule is CC(C)(C)OC(=O)C(N)c1ccccc1C(F)(F)F. The normalized spacial score (nSPS) is 14.1. The van der Waals surface area contributed by atoms with Gasteiger partial charge >= 0.3 is 12.1 Å². The standard InChI is InChI=1S/C13H16F3NO2/c1-12(2,3)19-11(18)10(17)8-6-4-5-7-9(8)13(14,15)16/h4-7,10H,17H2,1-3H3. The van der Waals surface area contributed by atoms with Crippen molar-refractivity contribution in [1.29, 1.82) is 0 Å². The van der Waals surface area contributed by atoms with Crippen molar-refractivity contribution in [1.82, 2.24) is 0 Å². The van der Waals surface area contributed by atoms with Crippen molar-refractivity contribution in [2.75, 3.05) is 0 Å². The fourth-order valence-electron chi connectivity index (χ4n) is 1.52. The third kappa shape index (κ3) is 4.24. The molecule has 1 aromatic carbocycles. The van der Waals surface area contributed by atoms with Gasteiger partial charge in [0.05, 0.1) is 5.56 Å². The van der Waals surface area contributed by atoms with Gasteiger partial charge in [-0.3, -0.25) is 0 Å². The van der Waals surface area contributed by atoms with Crippen LogP contribution in [-0.4, -0.2) is 11.6 Å². The van der Waals surface area contributed by atoms with Gasteiger partial charge in [0.2, 0.25) is 0 Å². The highest BCUT2D eigenvalue weighted by Crippen LogP contribution is 2.34. The van der Waals surface area contributed by atoms with Gasteiger partial charge in [0.25, 0.3) is 0 Å². The van der Waals surface area contributed by atoms with E-state index in [1.807, 2.05) is 0 Å². The first-order valence-electron chi connectivity index (χ1n) is 5.67. The number of halogens is 3. The third-order valence-corrected chi connectivity index (χ3v) is 2.26. The van der Waals surface area contributed by atoms with Crippen LogP contribution in [0.2, 0.25) is 0 Å². The molecule has 0 saturated carbocycles. The summed E-state index contributed by atoms with van der Waals surface area (Å²) in [7, 11) is 0. The molecule has 3 nitrogen and oxygen atoms in total. The summed E-state index contributed by atoms with van der Waals surface area (Å²) >= 11 is 0. The molecule has 0 amide bonds. The molecule has 0 radical (unpaired) electrons. The summed E-state index contributed by atoms with van der Waals surface area (Å²) in [6, 6.07) is 3.25. The molecule has 2 N–H and O–H groups in total. The van der Waals surface area contributed by atoms with E-state index >= 15 is 0 Å². The van der Waals surface area contributed by atoms with Crippen LogP contribution >= 0.6 is 0 Å². The zero-order valence-corrected chi connectivity index (χ0v) is 10.9. The second-order valence-corrected chi connectivity index (χ2v) is 5.10. The van der Waals surface area contributed by atoms with Gasteiger partial charge in [-0.2, -0.15) is 13.2 Å². The van der Waals surface area contributed by atoms with Crippen molar-refractivity contribution in [3.63, 3.8) is 0 Å². The molecule has 0 spiro atoms. The number of ether oxygens (including phenoxy) is 1. The highest BCUT2D eigenvalue weighted by molar-refractivity contribution is 5.78. The molecule has 0 fully saturated rings. The fourth-order valence-corrected chi connectivity index (χ4v) is 1.52. The van der Waals surface area contributed by atoms with Crippen molar-refractivity contribution >= 4 is 5.97 Å². The highest BCUT2D eigenvalue weighted by atomic mass is 19.4. The Morgan fingerprint density at radius 1 is 1.21 bits per heavy atom. The number of hydrogen-bond donors (Lipinski definition) is 1. The Morgan fingerprint density at radius 3 is 2.21 bits per heavy atom. The van der Waals surface area contributed by atoms with Crippen LogP contribution in [0.5, 0.6) is 0 Å². The lowest BCUT2D eigenvalue weighted by Gasteiger charge is -2.23. The Morgan fingerprint density at radius 2 is 1.74 bits per heavy atom. The molecule has 19 heavy (non-hydrogen) atoms. The Bertz CT molecular complexity index is 464. The van der Waals surface area contributed by atoms with Gasteiger partial charge < -0.3 is 10.5 Å². The molecular formula is C13H16F3NO2. The van der Waals surface area contributed by atoms with Crippen molar-refractivity contribution in [3.8, 4) is 0 Å². The lowest BCUT2D eigenvalue weighted by atomic mass is 10.0. The van der Waals surface area contributed by atoms with Gasteiger partial charge in [-0.25, -0.2) is 4.79 Å². The molecular weight excluding hydrogens is 259 g/mol. The van der Waals surface area contributed by atoms with E-state index in [9.17, 15) is 18.0 Å². The lowest BCUT2D eigenvalue weighted by Crippen LogP contribution is -2.32. The van der Waals surface area contributed by atoms with E-state index < -0.39 is 29.4 Å². The molecule has 106 valence electrons. The Kier molecular flexibility index (Phi) is 4.25. The van der Waals surface area contributed by atoms with Crippen LogP contribution in [0.1, 0.15) is 37.9 Å². The number of carbonyl (C=O) groups excluding carboxylic acids is 1. The molecule has 1 aromatic rings. The number of esters is 1. The number of rotatable bonds is 2. The van der Waals surface area contributed by atoms with Crippen LogP contribution in [-0.2, 0) is 15.7 Å². The first-order chi connectivity index (χ1) is 8.52. The van der Waals surface area contributed by atoms with Crippen molar-refractivity contribution < 1.29 is 22.7 Å². The highest BCUT2D eigenvalue weighted by Gasteiger charge is 2.36. The van der Waals surface area contributed by atoms with Crippen LogP contribution < -0.4 is 5.73 Å². The summed E-state index contributed by atoms with van der Waals surface area (Å²) in [5, 5.41) is 0. The molecule has 0 bridgehead atoms. The molecule has 0 saturated heterocycles. The second-order valence-electron chi connectivity index (χ2n) is 5.10. The van der Waals surface area contributed by atoms with Crippen molar-refractivity contribution in [2.24, 2.45) is 5.73 Å². The van der Waals surface area contributed by atoms with Gasteiger partial charge in [0, 0.05) is 0 Å². The van der Waals surface area contributed by atoms with Gasteiger partial charge in [-0.15, -0.1) is 0 Å². The monoisotopic (exact) mass is 275 g/mol. The zero-order valence-electron chi connectivity index (χ0n) is 10.9. The minimum Gasteiger partial charge on any atom is -0.459 e. The van der Waals surface area contributed by atoms with Crippen LogP contribution in [0.25, 0.3) is 0 Å². The van der Waals surface area contributed by atoms with Crippen LogP contribution in [0.4, 0.5) is 13.2 Å². The minimum absolute atomic E-state index is 0.288. The van der Waals surface area contributed by atoms with Crippen molar-refractivity contribution in [2.45, 2.75) is 38.6 Å². The number of benzene rings is 1. The molecule has 0 aliphatic heterocycles. The van der Waals surface area contributed by atoms with Crippen LogP contribution in [0.3, 0.4) is 0 Å². The van der Waals surface area contributed by atoms with E-state index in [1.165, 1.54) is 18.2 Å². The minimum atomic E-state index is -4.56. The Labute approximate surface area is 109 Å². The van der Waals surface area contributed by atoms with E-state index in [-0.39, 0.29) is 5.56 Å². The largest absolute Gasteiger partial charge is 0.459 e. The predicted octanol–water partition coefficient (Wildman–Crippen LogP) is 3.05. The zero-order chi connectivity index (χ0) is 14.8. The topological polar surface area (TPSA) is 52.3 Å². The quantitative estimate of drug-likeness (QED) is 0.844. The summed E-state index contributed by atoms with van der Waals surface area (Å²) in [6.07, 6.45) is -4.56. The number of nitrogens with two attached hydrogens (primary N) is 1. The first kappa shape index (κ1) is 15.5. The molecule has 1 unspecified atom stereocenters. The fraction of sp³-hybridized carbons (Fsp3) is 0.462. The number of hydrogen-bond acceptors (Lipinski definition) is 3. The average molecular weight is 275 g/mol. The number of carbonyl (C=O) groups is 1. The van der Waals surface area contributed by atoms with Gasteiger partial charge in [-0.05, 0) is 32.4 Å². The Balaban J connectivity index is 3.07. The maximum atomic E-state index is 12.8. The Hall–Kier alpha value is -1.56. The smallest absolute Gasteiger partial charge is 0.416 e. The molecule has 0 aliphatic rings. The van der Waals surface area contributed by atoms with Gasteiger partial charge in [0.15, 0.2) is 0 Å². The van der Waals surface area contributed by atoms with Crippen molar-refractivity contribution in [3.05, 3.63) is 35.4 Å². The number of alkyl halides is 3. The predicted molar refractivity (Wildman–Crippen MR) is 64.2 cm³/mol. The molecule has 1 atom stereocenters. The third-order valence-electron chi connectivity index (χ3n) is 2.26. The second kappa shape index (κ2) is 5.21. The van der Waals surface area contributed by atoms with Gasteiger partial charge in [-0.1, -0.05) is 18.2 Å². The molecule has 1 rings (SSSR count). The molecule has 0 heterocycles. The summed E-state index contributed by atoms with van der Waals surface area (Å²) in [4.78, 5) is 11.7. The van der Waals surface area contributed by atoms with Gasteiger partial charge in [0.1, 0.15) is 11.6 Å². The molecule has 0 aromatic heterocycles. The summed E-state index contributed by atoms with van der Waals surface area (Å²) in [5.41, 5.74) is 3.55. The van der Waals surface area contributed by atoms with E-state index in [0.717, 1.165) is 6.07 Å². The van der Waals surface area contributed by atoms with E-state index in [4.69, 9.17) is 10.5 Å². The van der Waals surface area contributed by atoms with Crippen LogP contribution in [0, 0.1) is 0 Å². The summed E-state index contributed by atoms with van der Waals surface area (Å²) < 4.78 is 43.4. The average Bonchev–Trinajstić information content (AvgIpc) is 2.24. The maximum Gasteiger partial charge on any atom is 0.416 e. The molecule has 6 heteroatoms. The summed E-state index contributed by atoms with van der Waals surface area (Å²) in [6.45, 7) is 4.86. The lowest BCUT2D eigenvalue weighted by molar-refractivity contribution is -0.157. The van der Waals surface area contributed by atoms with Crippen LogP contribution in [0.15, 0.2) is 24.3 Å². The van der Waals surface area contributed by atoms with E-state index in [2.05, 4.69) is 0 Å². The van der Waals surface area contributed by atoms with E-state index in [0.29, 0.717) is 0 Å². The summed E-state index contributed by atoms with van der Waals surface area (Å²) in [5.74, 6) is -0.885.